The lowest BCUT2D eigenvalue weighted by molar-refractivity contribution is 0.300. The van der Waals surface area contributed by atoms with Crippen molar-refractivity contribution in [2.45, 2.75) is 37.0 Å². The fourth-order valence-corrected chi connectivity index (χ4v) is 4.59. The Morgan fingerprint density at radius 1 is 1.48 bits per heavy atom. The first-order valence-corrected chi connectivity index (χ1v) is 9.42. The first-order chi connectivity index (χ1) is 12.0. The molecule has 1 fully saturated rings. The fourth-order valence-electron chi connectivity index (χ4n) is 2.92. The molecule has 0 bridgehead atoms. The second-order valence-corrected chi connectivity index (χ2v) is 7.73. The number of rotatable bonds is 4. The molecule has 1 unspecified atom stereocenters. The van der Waals surface area contributed by atoms with Gasteiger partial charge in [0.25, 0.3) is 0 Å². The van der Waals surface area contributed by atoms with E-state index in [1.54, 1.807) is 6.07 Å². The monoisotopic (exact) mass is 364 g/mol. The minimum atomic E-state index is -3.98. The molecule has 1 aromatic heterocycles. The molecule has 1 atom stereocenters. The van der Waals surface area contributed by atoms with Crippen molar-refractivity contribution in [3.63, 3.8) is 0 Å². The van der Waals surface area contributed by atoms with Gasteiger partial charge in [0, 0.05) is 25.4 Å². The van der Waals surface area contributed by atoms with E-state index in [0.717, 1.165) is 12.5 Å². The van der Waals surface area contributed by atoms with Crippen molar-refractivity contribution in [2.24, 2.45) is 0 Å². The summed E-state index contributed by atoms with van der Waals surface area (Å²) in [7, 11) is -3.98. The molecule has 132 valence electrons. The van der Waals surface area contributed by atoms with Gasteiger partial charge in [-0.25, -0.2) is 12.8 Å². The van der Waals surface area contributed by atoms with Crippen molar-refractivity contribution >= 4 is 10.0 Å². The first-order valence-electron chi connectivity index (χ1n) is 7.98. The fraction of sp³-hybridized carbons (Fsp3) is 0.438. The van der Waals surface area contributed by atoms with Gasteiger partial charge in [-0.2, -0.15) is 14.6 Å². The van der Waals surface area contributed by atoms with E-state index in [2.05, 4.69) is 10.1 Å². The maximum Gasteiger partial charge on any atom is 0.244 e. The molecule has 0 saturated carbocycles. The Morgan fingerprint density at radius 2 is 2.28 bits per heavy atom. The minimum absolute atomic E-state index is 0.173. The van der Waals surface area contributed by atoms with Crippen LogP contribution < -0.4 is 0 Å². The molecule has 0 spiro atoms. The van der Waals surface area contributed by atoms with Crippen LogP contribution in [0.1, 0.15) is 43.0 Å². The van der Waals surface area contributed by atoms with Gasteiger partial charge in [-0.1, -0.05) is 18.1 Å². The zero-order chi connectivity index (χ0) is 18.0. The van der Waals surface area contributed by atoms with Crippen molar-refractivity contribution in [2.75, 3.05) is 13.1 Å². The summed E-state index contributed by atoms with van der Waals surface area (Å²) in [6, 6.07) is 5.26. The van der Waals surface area contributed by atoms with Gasteiger partial charge < -0.3 is 4.52 Å². The highest BCUT2D eigenvalue weighted by atomic mass is 32.2. The zero-order valence-corrected chi connectivity index (χ0v) is 14.5. The zero-order valence-electron chi connectivity index (χ0n) is 13.6. The maximum absolute atomic E-state index is 13.8. The largest absolute Gasteiger partial charge is 0.339 e. The molecular weight excluding hydrogens is 347 g/mol. The summed E-state index contributed by atoms with van der Waals surface area (Å²) in [6.45, 7) is 2.37. The number of piperidine rings is 1. The van der Waals surface area contributed by atoms with Crippen LogP contribution in [-0.4, -0.2) is 36.0 Å². The SMILES string of the molecule is CCc1nc(C2CCCN(S(=O)(=O)c3cccc(F)c3C#N)C2)no1. The van der Waals surface area contributed by atoms with E-state index in [-0.39, 0.29) is 17.4 Å². The van der Waals surface area contributed by atoms with Crippen LogP contribution in [0.5, 0.6) is 0 Å². The molecule has 1 saturated heterocycles. The van der Waals surface area contributed by atoms with Crippen molar-refractivity contribution in [1.29, 1.82) is 5.26 Å². The average molecular weight is 364 g/mol. The Morgan fingerprint density at radius 3 is 2.96 bits per heavy atom. The van der Waals surface area contributed by atoms with Crippen molar-refractivity contribution < 1.29 is 17.3 Å². The number of halogens is 1. The summed E-state index contributed by atoms with van der Waals surface area (Å²) in [4.78, 5) is 3.97. The van der Waals surface area contributed by atoms with Crippen LogP contribution in [0.4, 0.5) is 4.39 Å². The van der Waals surface area contributed by atoms with E-state index in [4.69, 9.17) is 9.78 Å². The predicted molar refractivity (Wildman–Crippen MR) is 85.5 cm³/mol. The summed E-state index contributed by atoms with van der Waals surface area (Å²) in [6.07, 6.45) is 1.97. The van der Waals surface area contributed by atoms with Crippen LogP contribution >= 0.6 is 0 Å². The van der Waals surface area contributed by atoms with E-state index < -0.39 is 21.4 Å². The number of nitrogens with zero attached hydrogens (tertiary/aromatic N) is 4. The van der Waals surface area contributed by atoms with Crippen LogP contribution in [0, 0.1) is 17.1 Å². The number of aromatic nitrogens is 2. The Bertz CT molecular complexity index is 920. The quantitative estimate of drug-likeness (QED) is 0.824. The highest BCUT2D eigenvalue weighted by molar-refractivity contribution is 7.89. The lowest BCUT2D eigenvalue weighted by atomic mass is 9.99. The Kier molecular flexibility index (Phi) is 4.83. The number of aryl methyl sites for hydroxylation is 1. The highest BCUT2D eigenvalue weighted by Gasteiger charge is 2.34. The maximum atomic E-state index is 13.8. The molecule has 0 radical (unpaired) electrons. The van der Waals surface area contributed by atoms with E-state index in [0.29, 0.717) is 31.1 Å². The van der Waals surface area contributed by atoms with Crippen molar-refractivity contribution in [1.82, 2.24) is 14.4 Å². The van der Waals surface area contributed by atoms with Gasteiger partial charge in [0.2, 0.25) is 15.9 Å². The number of hydrogen-bond acceptors (Lipinski definition) is 6. The molecule has 2 aromatic rings. The number of nitriles is 1. The molecule has 3 rings (SSSR count). The van der Waals surface area contributed by atoms with Crippen LogP contribution in [0.15, 0.2) is 27.6 Å². The van der Waals surface area contributed by atoms with E-state index >= 15 is 0 Å². The Labute approximate surface area is 145 Å². The van der Waals surface area contributed by atoms with Gasteiger partial charge in [-0.05, 0) is 25.0 Å². The third kappa shape index (κ3) is 3.27. The van der Waals surface area contributed by atoms with Gasteiger partial charge in [0.05, 0.1) is 0 Å². The molecule has 0 aliphatic carbocycles. The first kappa shape index (κ1) is 17.5. The summed E-state index contributed by atoms with van der Waals surface area (Å²) >= 11 is 0. The van der Waals surface area contributed by atoms with Crippen LogP contribution in [0.25, 0.3) is 0 Å². The van der Waals surface area contributed by atoms with E-state index in [9.17, 15) is 12.8 Å². The second kappa shape index (κ2) is 6.90. The van der Waals surface area contributed by atoms with Gasteiger partial charge in [-0.3, -0.25) is 0 Å². The van der Waals surface area contributed by atoms with Gasteiger partial charge in [0.15, 0.2) is 5.82 Å². The molecule has 1 aliphatic heterocycles. The summed E-state index contributed by atoms with van der Waals surface area (Å²) in [5, 5.41) is 13.0. The average Bonchev–Trinajstić information content (AvgIpc) is 3.11. The summed E-state index contributed by atoms with van der Waals surface area (Å²) < 4.78 is 46.0. The molecule has 0 amide bonds. The van der Waals surface area contributed by atoms with Crippen LogP contribution in [0.3, 0.4) is 0 Å². The molecule has 25 heavy (non-hydrogen) atoms. The number of sulfonamides is 1. The molecule has 9 heteroatoms. The number of benzene rings is 1. The molecule has 2 heterocycles. The standard InChI is InChI=1S/C16H17FN4O3S/c1-2-15-19-16(20-24-15)11-5-4-8-21(10-11)25(22,23)14-7-3-6-13(17)12(14)9-18/h3,6-7,11H,2,4-5,8,10H2,1H3. The number of hydrogen-bond donors (Lipinski definition) is 0. The molecule has 0 N–H and O–H groups in total. The Hall–Kier alpha value is -2.31. The molecule has 1 aliphatic rings. The Balaban J connectivity index is 1.90. The van der Waals surface area contributed by atoms with Crippen LogP contribution in [0.2, 0.25) is 0 Å². The van der Waals surface area contributed by atoms with E-state index in [1.165, 1.54) is 16.4 Å². The van der Waals surface area contributed by atoms with Gasteiger partial charge >= 0.3 is 0 Å². The van der Waals surface area contributed by atoms with Gasteiger partial charge in [0.1, 0.15) is 22.3 Å². The summed E-state index contributed by atoms with van der Waals surface area (Å²) in [5.41, 5.74) is -0.461. The van der Waals surface area contributed by atoms with Gasteiger partial charge in [-0.15, -0.1) is 0 Å². The van der Waals surface area contributed by atoms with E-state index in [1.807, 2.05) is 6.92 Å². The molecule has 1 aromatic carbocycles. The lowest BCUT2D eigenvalue weighted by Crippen LogP contribution is -2.39. The lowest BCUT2D eigenvalue weighted by Gasteiger charge is -2.30. The second-order valence-electron chi connectivity index (χ2n) is 5.83. The normalized spacial score (nSPS) is 18.8. The highest BCUT2D eigenvalue weighted by Crippen LogP contribution is 2.30. The van der Waals surface area contributed by atoms with Crippen LogP contribution in [-0.2, 0) is 16.4 Å². The predicted octanol–water partition coefficient (Wildman–Crippen LogP) is 2.21. The van der Waals surface area contributed by atoms with Crippen molar-refractivity contribution in [3.8, 4) is 6.07 Å². The third-order valence-electron chi connectivity index (χ3n) is 4.24. The third-order valence-corrected chi connectivity index (χ3v) is 6.15. The summed E-state index contributed by atoms with van der Waals surface area (Å²) in [5.74, 6) is -0.0436. The van der Waals surface area contributed by atoms with Crippen molar-refractivity contribution in [3.05, 3.63) is 41.3 Å². The topological polar surface area (TPSA) is 100 Å². The molecule has 7 nitrogen and oxygen atoms in total. The minimum Gasteiger partial charge on any atom is -0.339 e. The molecular formula is C16H17FN4O3S. The smallest absolute Gasteiger partial charge is 0.244 e.